The average molecular weight is 352 g/mol. The maximum Gasteiger partial charge on any atom is 0.223 e. The normalized spacial score (nSPS) is 15.8. The summed E-state index contributed by atoms with van der Waals surface area (Å²) in [4.78, 5) is 23.8. The monoisotopic (exact) mass is 352 g/mol. The lowest BCUT2D eigenvalue weighted by Gasteiger charge is -2.33. The van der Waals surface area contributed by atoms with Crippen LogP contribution < -0.4 is 10.2 Å². The molecular weight excluding hydrogens is 324 g/mol. The predicted molar refractivity (Wildman–Crippen MR) is 105 cm³/mol. The van der Waals surface area contributed by atoms with Gasteiger partial charge in [-0.25, -0.2) is 9.97 Å². The molecule has 1 aliphatic heterocycles. The molecule has 0 saturated carbocycles. The first-order chi connectivity index (χ1) is 12.3. The number of rotatable bonds is 3. The molecule has 0 spiro atoms. The Balaban J connectivity index is 1.67. The van der Waals surface area contributed by atoms with Gasteiger partial charge in [0, 0.05) is 36.3 Å². The Labute approximate surface area is 155 Å². The fourth-order valence-electron chi connectivity index (χ4n) is 3.29. The highest BCUT2D eigenvalue weighted by Crippen LogP contribution is 2.24. The number of amides is 1. The van der Waals surface area contributed by atoms with Gasteiger partial charge in [0.05, 0.1) is 0 Å². The highest BCUT2D eigenvalue weighted by atomic mass is 16.2. The molecule has 5 heteroatoms. The fraction of sp³-hybridized carbons (Fsp3) is 0.476. The molecule has 1 saturated heterocycles. The third-order valence-corrected chi connectivity index (χ3v) is 4.61. The minimum absolute atomic E-state index is 0.0866. The molecule has 138 valence electrons. The van der Waals surface area contributed by atoms with Gasteiger partial charge in [0.2, 0.25) is 5.91 Å². The number of piperidine rings is 1. The molecule has 0 atom stereocenters. The molecule has 0 aliphatic carbocycles. The summed E-state index contributed by atoms with van der Waals surface area (Å²) in [6, 6.07) is 10.2. The zero-order valence-electron chi connectivity index (χ0n) is 16.1. The first kappa shape index (κ1) is 18.4. The summed E-state index contributed by atoms with van der Waals surface area (Å²) in [6.07, 6.45) is 3.52. The van der Waals surface area contributed by atoms with Gasteiger partial charge in [0.25, 0.3) is 0 Å². The van der Waals surface area contributed by atoms with Crippen LogP contribution in [0.4, 0.5) is 5.82 Å². The standard InChI is InChI=1S/C21H28N4O/c1-15-6-5-7-17(14-15)19-22-11-8-18(23-19)25-12-9-16(10-13-25)20(26)24-21(2,3)4/h5-8,11,14,16H,9-10,12-13H2,1-4H3,(H,24,26). The Kier molecular flexibility index (Phi) is 5.25. The van der Waals surface area contributed by atoms with E-state index in [-0.39, 0.29) is 17.4 Å². The van der Waals surface area contributed by atoms with E-state index in [0.29, 0.717) is 0 Å². The first-order valence-electron chi connectivity index (χ1n) is 9.29. The van der Waals surface area contributed by atoms with Crippen molar-refractivity contribution in [1.82, 2.24) is 15.3 Å². The number of carbonyl (C=O) groups excluding carboxylic acids is 1. The van der Waals surface area contributed by atoms with E-state index in [9.17, 15) is 4.79 Å². The number of nitrogens with zero attached hydrogens (tertiary/aromatic N) is 3. The number of benzene rings is 1. The number of aryl methyl sites for hydroxylation is 1. The molecule has 0 radical (unpaired) electrons. The predicted octanol–water partition coefficient (Wildman–Crippen LogP) is 3.58. The third-order valence-electron chi connectivity index (χ3n) is 4.61. The number of aromatic nitrogens is 2. The lowest BCUT2D eigenvalue weighted by molar-refractivity contribution is -0.127. The van der Waals surface area contributed by atoms with Crippen LogP contribution >= 0.6 is 0 Å². The summed E-state index contributed by atoms with van der Waals surface area (Å²) in [6.45, 7) is 9.81. The molecule has 1 aliphatic rings. The van der Waals surface area contributed by atoms with Gasteiger partial charge in [0.15, 0.2) is 5.82 Å². The van der Waals surface area contributed by atoms with Crippen LogP contribution in [0.3, 0.4) is 0 Å². The van der Waals surface area contributed by atoms with Crippen molar-refractivity contribution in [3.63, 3.8) is 0 Å². The van der Waals surface area contributed by atoms with Gasteiger partial charge in [0.1, 0.15) is 5.82 Å². The van der Waals surface area contributed by atoms with E-state index in [1.807, 2.05) is 45.2 Å². The zero-order valence-corrected chi connectivity index (χ0v) is 16.1. The Morgan fingerprint density at radius 2 is 1.92 bits per heavy atom. The summed E-state index contributed by atoms with van der Waals surface area (Å²) in [5, 5.41) is 3.10. The largest absolute Gasteiger partial charge is 0.356 e. The molecule has 1 aromatic heterocycles. The number of anilines is 1. The van der Waals surface area contributed by atoms with Crippen molar-refractivity contribution in [2.24, 2.45) is 5.92 Å². The van der Waals surface area contributed by atoms with Gasteiger partial charge >= 0.3 is 0 Å². The fourth-order valence-corrected chi connectivity index (χ4v) is 3.29. The van der Waals surface area contributed by atoms with Crippen LogP contribution in [-0.2, 0) is 4.79 Å². The maximum atomic E-state index is 12.4. The number of hydrogen-bond acceptors (Lipinski definition) is 4. The van der Waals surface area contributed by atoms with Crippen molar-refractivity contribution in [3.05, 3.63) is 42.1 Å². The van der Waals surface area contributed by atoms with Crippen LogP contribution in [0.2, 0.25) is 0 Å². The summed E-state index contributed by atoms with van der Waals surface area (Å²) in [5.74, 6) is 1.94. The lowest BCUT2D eigenvalue weighted by atomic mass is 9.94. The second-order valence-corrected chi connectivity index (χ2v) is 8.11. The molecule has 0 bridgehead atoms. The molecule has 1 N–H and O–H groups in total. The van der Waals surface area contributed by atoms with E-state index < -0.39 is 0 Å². The van der Waals surface area contributed by atoms with Gasteiger partial charge in [-0.05, 0) is 52.7 Å². The van der Waals surface area contributed by atoms with E-state index in [1.54, 1.807) is 0 Å². The number of carbonyl (C=O) groups is 1. The zero-order chi connectivity index (χ0) is 18.7. The average Bonchev–Trinajstić information content (AvgIpc) is 2.60. The smallest absolute Gasteiger partial charge is 0.223 e. The highest BCUT2D eigenvalue weighted by molar-refractivity contribution is 5.79. The molecular formula is C21H28N4O. The summed E-state index contributed by atoms with van der Waals surface area (Å²) in [7, 11) is 0. The van der Waals surface area contributed by atoms with Gasteiger partial charge < -0.3 is 10.2 Å². The highest BCUT2D eigenvalue weighted by Gasteiger charge is 2.27. The van der Waals surface area contributed by atoms with Crippen LogP contribution in [0.5, 0.6) is 0 Å². The van der Waals surface area contributed by atoms with Crippen LogP contribution in [0, 0.1) is 12.8 Å². The Morgan fingerprint density at radius 3 is 2.58 bits per heavy atom. The van der Waals surface area contributed by atoms with Crippen molar-refractivity contribution in [3.8, 4) is 11.4 Å². The molecule has 2 heterocycles. The van der Waals surface area contributed by atoms with Crippen LogP contribution in [0.25, 0.3) is 11.4 Å². The molecule has 1 fully saturated rings. The minimum atomic E-state index is -0.177. The molecule has 3 rings (SSSR count). The molecule has 1 aromatic carbocycles. The summed E-state index contributed by atoms with van der Waals surface area (Å²) < 4.78 is 0. The second kappa shape index (κ2) is 7.44. The van der Waals surface area contributed by atoms with E-state index in [0.717, 1.165) is 43.1 Å². The van der Waals surface area contributed by atoms with Gasteiger partial charge in [-0.2, -0.15) is 0 Å². The van der Waals surface area contributed by atoms with Gasteiger partial charge in [-0.3, -0.25) is 4.79 Å². The van der Waals surface area contributed by atoms with E-state index in [1.165, 1.54) is 5.56 Å². The number of nitrogens with one attached hydrogen (secondary N) is 1. The second-order valence-electron chi connectivity index (χ2n) is 8.11. The minimum Gasteiger partial charge on any atom is -0.356 e. The Hall–Kier alpha value is -2.43. The van der Waals surface area contributed by atoms with Gasteiger partial charge in [-0.15, -0.1) is 0 Å². The first-order valence-corrected chi connectivity index (χ1v) is 9.29. The molecule has 5 nitrogen and oxygen atoms in total. The van der Waals surface area contributed by atoms with Crippen molar-refractivity contribution < 1.29 is 4.79 Å². The SMILES string of the molecule is Cc1cccc(-c2nccc(N3CCC(C(=O)NC(C)(C)C)CC3)n2)c1. The lowest BCUT2D eigenvalue weighted by Crippen LogP contribution is -2.47. The van der Waals surface area contributed by atoms with Crippen molar-refractivity contribution in [2.45, 2.75) is 46.1 Å². The third kappa shape index (κ3) is 4.59. The van der Waals surface area contributed by atoms with E-state index in [2.05, 4.69) is 34.3 Å². The van der Waals surface area contributed by atoms with Gasteiger partial charge in [-0.1, -0.05) is 23.8 Å². The molecule has 1 amide bonds. The summed E-state index contributed by atoms with van der Waals surface area (Å²) in [5.41, 5.74) is 2.05. The molecule has 0 unspecified atom stereocenters. The number of hydrogen-bond donors (Lipinski definition) is 1. The van der Waals surface area contributed by atoms with Crippen molar-refractivity contribution in [1.29, 1.82) is 0 Å². The Morgan fingerprint density at radius 1 is 1.19 bits per heavy atom. The Bertz CT molecular complexity index is 774. The van der Waals surface area contributed by atoms with Crippen LogP contribution in [0.1, 0.15) is 39.2 Å². The van der Waals surface area contributed by atoms with Crippen LogP contribution in [-0.4, -0.2) is 34.5 Å². The van der Waals surface area contributed by atoms with E-state index in [4.69, 9.17) is 4.98 Å². The van der Waals surface area contributed by atoms with E-state index >= 15 is 0 Å². The topological polar surface area (TPSA) is 58.1 Å². The summed E-state index contributed by atoms with van der Waals surface area (Å²) >= 11 is 0. The quantitative estimate of drug-likeness (QED) is 0.917. The van der Waals surface area contributed by atoms with Crippen molar-refractivity contribution in [2.75, 3.05) is 18.0 Å². The van der Waals surface area contributed by atoms with Crippen molar-refractivity contribution >= 4 is 11.7 Å². The van der Waals surface area contributed by atoms with Crippen LogP contribution in [0.15, 0.2) is 36.5 Å². The molecule has 2 aromatic rings. The molecule has 26 heavy (non-hydrogen) atoms. The maximum absolute atomic E-state index is 12.4.